The van der Waals surface area contributed by atoms with E-state index in [0.717, 1.165) is 21.9 Å². The van der Waals surface area contributed by atoms with Crippen LogP contribution >= 0.6 is 15.9 Å². The summed E-state index contributed by atoms with van der Waals surface area (Å²) in [6.45, 7) is 1.94. The Hall–Kier alpha value is -1.42. The van der Waals surface area contributed by atoms with Gasteiger partial charge in [0.25, 0.3) is 0 Å². The lowest BCUT2D eigenvalue weighted by Gasteiger charge is -2.08. The van der Waals surface area contributed by atoms with Crippen LogP contribution in [-0.2, 0) is 0 Å². The Balaban J connectivity index is 2.76. The van der Waals surface area contributed by atoms with E-state index < -0.39 is 0 Å². The molecule has 4 heteroatoms. The maximum Gasteiger partial charge on any atom is 0.138 e. The van der Waals surface area contributed by atoms with Crippen molar-refractivity contribution in [3.05, 3.63) is 45.7 Å². The van der Waals surface area contributed by atoms with Crippen molar-refractivity contribution in [3.63, 3.8) is 0 Å². The van der Waals surface area contributed by atoms with E-state index in [2.05, 4.69) is 20.9 Å². The average Bonchev–Trinajstić information content (AvgIpc) is 2.30. The van der Waals surface area contributed by atoms with Gasteiger partial charge in [0.05, 0.1) is 4.47 Å². The van der Waals surface area contributed by atoms with E-state index in [-0.39, 0.29) is 5.82 Å². The highest BCUT2D eigenvalue weighted by atomic mass is 79.9. The zero-order valence-corrected chi connectivity index (χ0v) is 11.2. The van der Waals surface area contributed by atoms with Crippen molar-refractivity contribution in [2.45, 2.75) is 6.92 Å². The van der Waals surface area contributed by atoms with Gasteiger partial charge in [-0.25, -0.2) is 4.39 Å². The first-order valence-corrected chi connectivity index (χ1v) is 5.94. The van der Waals surface area contributed by atoms with Gasteiger partial charge in [0, 0.05) is 12.6 Å². The zero-order chi connectivity index (χ0) is 12.6. The molecule has 0 radical (unpaired) electrons. The summed E-state index contributed by atoms with van der Waals surface area (Å²) in [5.74, 6) is 0.228. The molecule has 0 unspecified atom stereocenters. The van der Waals surface area contributed by atoms with Crippen LogP contribution in [0.5, 0.6) is 0 Å². The molecule has 0 spiro atoms. The molecular weight excluding hydrogens is 283 g/mol. The van der Waals surface area contributed by atoms with Crippen LogP contribution in [0.25, 0.3) is 10.8 Å². The molecule has 0 aliphatic rings. The topological polar surface area (TPSA) is 38.4 Å². The number of nitrogens with zero attached hydrogens (tertiary/aromatic N) is 1. The van der Waals surface area contributed by atoms with Crippen molar-refractivity contribution < 1.29 is 4.39 Å². The van der Waals surface area contributed by atoms with Crippen LogP contribution < -0.4 is 5.73 Å². The maximum absolute atomic E-state index is 13.4. The number of benzene rings is 2. The minimum Gasteiger partial charge on any atom is -0.384 e. The van der Waals surface area contributed by atoms with Crippen LogP contribution in [0.4, 0.5) is 4.39 Å². The predicted octanol–water partition coefficient (Wildman–Crippen LogP) is 3.38. The Bertz CT molecular complexity index is 620. The molecule has 0 atom stereocenters. The summed E-state index contributed by atoms with van der Waals surface area (Å²) in [5, 5.41) is 1.79. The van der Waals surface area contributed by atoms with Crippen molar-refractivity contribution in [2.24, 2.45) is 10.7 Å². The van der Waals surface area contributed by atoms with Crippen LogP contribution in [0, 0.1) is 12.7 Å². The molecule has 2 rings (SSSR count). The minimum absolute atomic E-state index is 0.262. The number of amidine groups is 1. The van der Waals surface area contributed by atoms with Gasteiger partial charge in [0.1, 0.15) is 11.7 Å². The fourth-order valence-corrected chi connectivity index (χ4v) is 2.17. The number of fused-ring (bicyclic) bond motifs is 1. The third-order valence-corrected chi connectivity index (χ3v) is 3.35. The largest absolute Gasteiger partial charge is 0.384 e. The number of halogens is 2. The molecular formula is C13H12BrFN2. The molecule has 2 N–H and O–H groups in total. The third-order valence-electron chi connectivity index (χ3n) is 2.74. The highest BCUT2D eigenvalue weighted by molar-refractivity contribution is 9.10. The second-order valence-corrected chi connectivity index (χ2v) is 4.74. The number of hydrogen-bond acceptors (Lipinski definition) is 1. The van der Waals surface area contributed by atoms with E-state index >= 15 is 0 Å². The number of hydrogen-bond donors (Lipinski definition) is 1. The summed E-state index contributed by atoms with van der Waals surface area (Å²) >= 11 is 3.18. The minimum atomic E-state index is -0.262. The molecule has 0 fully saturated rings. The van der Waals surface area contributed by atoms with E-state index in [1.54, 1.807) is 13.1 Å². The van der Waals surface area contributed by atoms with Gasteiger partial charge in [0.15, 0.2) is 0 Å². The fourth-order valence-electron chi connectivity index (χ4n) is 1.80. The number of nitrogens with two attached hydrogens (primary N) is 1. The van der Waals surface area contributed by atoms with Gasteiger partial charge in [-0.1, -0.05) is 6.07 Å². The van der Waals surface area contributed by atoms with Gasteiger partial charge < -0.3 is 5.73 Å². The monoisotopic (exact) mass is 294 g/mol. The van der Waals surface area contributed by atoms with E-state index in [9.17, 15) is 4.39 Å². The van der Waals surface area contributed by atoms with E-state index in [1.807, 2.05) is 19.1 Å². The Labute approximate surface area is 107 Å². The lowest BCUT2D eigenvalue weighted by atomic mass is 10.0. The van der Waals surface area contributed by atoms with Gasteiger partial charge in [-0.3, -0.25) is 4.99 Å². The summed E-state index contributed by atoms with van der Waals surface area (Å²) in [6, 6.07) is 7.10. The fraction of sp³-hybridized carbons (Fsp3) is 0.154. The second kappa shape index (κ2) is 4.45. The maximum atomic E-state index is 13.4. The third kappa shape index (κ3) is 2.17. The summed E-state index contributed by atoms with van der Waals surface area (Å²) in [5.41, 5.74) is 7.69. The molecule has 88 valence electrons. The molecule has 0 saturated heterocycles. The highest BCUT2D eigenvalue weighted by Gasteiger charge is 2.07. The van der Waals surface area contributed by atoms with Gasteiger partial charge in [-0.15, -0.1) is 0 Å². The standard InChI is InChI=1S/C13H12BrFN2/c1-7-3-8-6-12(15)11(14)5-9(8)4-10(7)13(16)17-2/h3-6H,1-2H3,(H2,16,17). The van der Waals surface area contributed by atoms with Crippen molar-refractivity contribution >= 4 is 32.5 Å². The molecule has 0 aliphatic carbocycles. The molecule has 2 aromatic carbocycles. The highest BCUT2D eigenvalue weighted by Crippen LogP contribution is 2.26. The Morgan fingerprint density at radius 2 is 1.88 bits per heavy atom. The summed E-state index contributed by atoms with van der Waals surface area (Å²) in [6.07, 6.45) is 0. The van der Waals surface area contributed by atoms with Crippen molar-refractivity contribution in [2.75, 3.05) is 7.05 Å². The summed E-state index contributed by atoms with van der Waals surface area (Å²) in [4.78, 5) is 3.97. The number of rotatable bonds is 1. The lowest BCUT2D eigenvalue weighted by molar-refractivity contribution is 0.623. The van der Waals surface area contributed by atoms with Crippen molar-refractivity contribution in [1.29, 1.82) is 0 Å². The van der Waals surface area contributed by atoms with Gasteiger partial charge in [-0.2, -0.15) is 0 Å². The van der Waals surface area contributed by atoms with Crippen LogP contribution in [0.15, 0.2) is 33.7 Å². The van der Waals surface area contributed by atoms with Gasteiger partial charge >= 0.3 is 0 Å². The summed E-state index contributed by atoms with van der Waals surface area (Å²) in [7, 11) is 1.65. The molecule has 0 saturated carbocycles. The van der Waals surface area contributed by atoms with E-state index in [0.29, 0.717) is 10.3 Å². The molecule has 17 heavy (non-hydrogen) atoms. The average molecular weight is 295 g/mol. The quantitative estimate of drug-likeness (QED) is 0.635. The molecule has 0 aliphatic heterocycles. The molecule has 2 nitrogen and oxygen atoms in total. The Morgan fingerprint density at radius 3 is 2.53 bits per heavy atom. The first kappa shape index (κ1) is 12.0. The molecule has 0 amide bonds. The predicted molar refractivity (Wildman–Crippen MR) is 73.0 cm³/mol. The molecule has 2 aromatic rings. The molecule has 0 aromatic heterocycles. The second-order valence-electron chi connectivity index (χ2n) is 3.89. The van der Waals surface area contributed by atoms with Crippen LogP contribution in [0.3, 0.4) is 0 Å². The van der Waals surface area contributed by atoms with E-state index in [4.69, 9.17) is 5.73 Å². The first-order chi connectivity index (χ1) is 8.02. The van der Waals surface area contributed by atoms with E-state index in [1.165, 1.54) is 6.07 Å². The SMILES string of the molecule is CN=C(N)c1cc2cc(Br)c(F)cc2cc1C. The number of aliphatic imine (C=N–C) groups is 1. The first-order valence-electron chi connectivity index (χ1n) is 5.15. The van der Waals surface area contributed by atoms with Crippen LogP contribution in [0.1, 0.15) is 11.1 Å². The molecule has 0 bridgehead atoms. The van der Waals surface area contributed by atoms with Crippen molar-refractivity contribution in [3.8, 4) is 0 Å². The summed E-state index contributed by atoms with van der Waals surface area (Å²) < 4.78 is 13.9. The Kier molecular flexibility index (Phi) is 3.15. The van der Waals surface area contributed by atoms with Gasteiger partial charge in [-0.05, 0) is 57.4 Å². The molecule has 0 heterocycles. The smallest absolute Gasteiger partial charge is 0.138 e. The Morgan fingerprint density at radius 1 is 1.24 bits per heavy atom. The van der Waals surface area contributed by atoms with Crippen LogP contribution in [0.2, 0.25) is 0 Å². The van der Waals surface area contributed by atoms with Crippen molar-refractivity contribution in [1.82, 2.24) is 0 Å². The zero-order valence-electron chi connectivity index (χ0n) is 9.59. The van der Waals surface area contributed by atoms with Crippen LogP contribution in [-0.4, -0.2) is 12.9 Å². The number of aryl methyl sites for hydroxylation is 1. The van der Waals surface area contributed by atoms with Gasteiger partial charge in [0.2, 0.25) is 0 Å². The lowest BCUT2D eigenvalue weighted by Crippen LogP contribution is -2.14. The normalized spacial score (nSPS) is 12.1.